The quantitative estimate of drug-likeness (QED) is 0.233. The number of fused-ring (bicyclic) bond motifs is 1. The number of ketones is 1. The maximum Gasteiger partial charge on any atom is 0.347 e. The second kappa shape index (κ2) is 8.87. The van der Waals surface area contributed by atoms with E-state index in [1.807, 2.05) is 0 Å². The van der Waals surface area contributed by atoms with Gasteiger partial charge in [-0.2, -0.15) is 0 Å². The van der Waals surface area contributed by atoms with Gasteiger partial charge in [-0.3, -0.25) is 14.4 Å². The Hall–Kier alpha value is -3.20. The van der Waals surface area contributed by atoms with Crippen molar-refractivity contribution in [2.24, 2.45) is 23.7 Å². The molecule has 1 heterocycles. The second-order valence-electron chi connectivity index (χ2n) is 8.61. The summed E-state index contributed by atoms with van der Waals surface area (Å²) in [5, 5.41) is 0. The maximum atomic E-state index is 12.7. The van der Waals surface area contributed by atoms with Crippen LogP contribution in [-0.4, -0.2) is 48.3 Å². The third-order valence-electron chi connectivity index (χ3n) is 6.85. The molecule has 2 aromatic rings. The number of esters is 3. The number of alkyl halides is 1. The highest BCUT2D eigenvalue weighted by atomic mass is 79.9. The van der Waals surface area contributed by atoms with Crippen LogP contribution in [0, 0.1) is 23.7 Å². The summed E-state index contributed by atoms with van der Waals surface area (Å²) in [6, 6.07) is 12.7. The van der Waals surface area contributed by atoms with Crippen molar-refractivity contribution < 1.29 is 38.1 Å². The van der Waals surface area contributed by atoms with E-state index in [-0.39, 0.29) is 40.0 Å². The molecule has 5 rings (SSSR count). The third-order valence-corrected chi connectivity index (χ3v) is 8.05. The first-order valence-corrected chi connectivity index (χ1v) is 11.8. The Bertz CT molecular complexity index is 1160. The SMILES string of the molecule is COc1ccccc1C(=O)Oc1ccc(C(=O)COC(=O)[C@@H]2[C@H]3C[C@H]4[C@H](OC(=O)[C@H]42)[C@@H]3Br)cc1. The molecule has 1 saturated heterocycles. The van der Waals surface area contributed by atoms with Gasteiger partial charge in [-0.15, -0.1) is 0 Å². The van der Waals surface area contributed by atoms with Crippen LogP contribution in [0.25, 0.3) is 0 Å². The molecular weight excluding hydrogens is 508 g/mol. The summed E-state index contributed by atoms with van der Waals surface area (Å²) in [5.41, 5.74) is 0.581. The molecule has 2 aromatic carbocycles. The molecule has 2 bridgehead atoms. The fraction of sp³-hybridized carbons (Fsp3) is 0.360. The Morgan fingerprint density at radius 1 is 1.06 bits per heavy atom. The Balaban J connectivity index is 1.18. The highest BCUT2D eigenvalue weighted by Gasteiger charge is 2.68. The van der Waals surface area contributed by atoms with E-state index in [9.17, 15) is 19.2 Å². The van der Waals surface area contributed by atoms with Crippen molar-refractivity contribution in [2.75, 3.05) is 13.7 Å². The molecule has 0 aromatic heterocycles. The van der Waals surface area contributed by atoms with E-state index < -0.39 is 36.2 Å². The van der Waals surface area contributed by atoms with Crippen LogP contribution in [0.3, 0.4) is 0 Å². The minimum atomic E-state index is -0.592. The van der Waals surface area contributed by atoms with E-state index in [2.05, 4.69) is 15.9 Å². The Labute approximate surface area is 203 Å². The lowest BCUT2D eigenvalue weighted by Gasteiger charge is -2.26. The standard InChI is InChI=1S/C25H21BrO8/c1-31-18-5-3-2-4-14(18)23(28)33-13-8-6-12(7-9-13)17(27)11-32-24(29)19-15-10-16-20(19)25(30)34-22(16)21(15)26/h2-9,15-16,19-22H,10-11H2,1H3/t15-,16-,19-,20-,21-,22+/m1/s1. The van der Waals surface area contributed by atoms with Gasteiger partial charge in [-0.05, 0) is 48.7 Å². The molecule has 9 heteroatoms. The van der Waals surface area contributed by atoms with Gasteiger partial charge in [0.05, 0.1) is 23.8 Å². The van der Waals surface area contributed by atoms with Crippen molar-refractivity contribution in [1.82, 2.24) is 0 Å². The van der Waals surface area contributed by atoms with Gasteiger partial charge in [-0.1, -0.05) is 28.1 Å². The fourth-order valence-corrected chi connectivity index (χ4v) is 6.34. The van der Waals surface area contributed by atoms with Crippen molar-refractivity contribution in [2.45, 2.75) is 17.4 Å². The smallest absolute Gasteiger partial charge is 0.347 e. The Morgan fingerprint density at radius 3 is 2.53 bits per heavy atom. The van der Waals surface area contributed by atoms with Crippen molar-refractivity contribution >= 4 is 39.6 Å². The zero-order valence-electron chi connectivity index (χ0n) is 18.1. The Kier molecular flexibility index (Phi) is 5.89. The zero-order valence-corrected chi connectivity index (χ0v) is 19.7. The number of carbonyl (C=O) groups is 4. The largest absolute Gasteiger partial charge is 0.496 e. The number of carbonyl (C=O) groups excluding carboxylic acids is 4. The molecule has 0 spiro atoms. The monoisotopic (exact) mass is 528 g/mol. The summed E-state index contributed by atoms with van der Waals surface area (Å²) in [4.78, 5) is 49.8. The molecule has 8 nitrogen and oxygen atoms in total. The molecule has 34 heavy (non-hydrogen) atoms. The first kappa shape index (κ1) is 22.6. The van der Waals surface area contributed by atoms with Gasteiger partial charge < -0.3 is 18.9 Å². The van der Waals surface area contributed by atoms with E-state index in [0.29, 0.717) is 11.3 Å². The van der Waals surface area contributed by atoms with E-state index in [4.69, 9.17) is 18.9 Å². The van der Waals surface area contributed by atoms with Crippen LogP contribution in [0.1, 0.15) is 27.1 Å². The number of Topliss-reactive ketones (excluding diaryl/α,β-unsaturated/α-hetero) is 1. The summed E-state index contributed by atoms with van der Waals surface area (Å²) in [6.07, 6.45) is 0.559. The van der Waals surface area contributed by atoms with E-state index in [0.717, 1.165) is 6.42 Å². The number of methoxy groups -OCH3 is 1. The molecular formula is C25H21BrO8. The second-order valence-corrected chi connectivity index (χ2v) is 9.66. The minimum Gasteiger partial charge on any atom is -0.496 e. The first-order valence-electron chi connectivity index (χ1n) is 10.9. The maximum absolute atomic E-state index is 12.7. The number of halogens is 1. The number of hydrogen-bond donors (Lipinski definition) is 0. The summed E-state index contributed by atoms with van der Waals surface area (Å²) in [5.74, 6) is -2.33. The van der Waals surface area contributed by atoms with Gasteiger partial charge in [0.25, 0.3) is 0 Å². The topological polar surface area (TPSA) is 105 Å². The highest BCUT2D eigenvalue weighted by Crippen LogP contribution is 2.60. The number of para-hydroxylation sites is 1. The summed E-state index contributed by atoms with van der Waals surface area (Å²) < 4.78 is 21.2. The Morgan fingerprint density at radius 2 is 1.79 bits per heavy atom. The average molecular weight is 529 g/mol. The fourth-order valence-electron chi connectivity index (χ4n) is 5.29. The van der Waals surface area contributed by atoms with Gasteiger partial charge in [0, 0.05) is 11.5 Å². The molecule has 3 aliphatic rings. The van der Waals surface area contributed by atoms with Crippen LogP contribution in [0.2, 0.25) is 0 Å². The van der Waals surface area contributed by atoms with Gasteiger partial charge >= 0.3 is 17.9 Å². The van der Waals surface area contributed by atoms with Crippen molar-refractivity contribution in [3.8, 4) is 11.5 Å². The summed E-state index contributed by atoms with van der Waals surface area (Å²) >= 11 is 3.55. The number of rotatable bonds is 7. The van der Waals surface area contributed by atoms with Crippen LogP contribution < -0.4 is 9.47 Å². The van der Waals surface area contributed by atoms with Gasteiger partial charge in [0.2, 0.25) is 0 Å². The zero-order chi connectivity index (χ0) is 24.0. The van der Waals surface area contributed by atoms with Crippen LogP contribution in [0.15, 0.2) is 48.5 Å². The molecule has 0 N–H and O–H groups in total. The molecule has 3 fully saturated rings. The molecule has 0 radical (unpaired) electrons. The lowest BCUT2D eigenvalue weighted by Crippen LogP contribution is -2.39. The first-order chi connectivity index (χ1) is 16.4. The summed E-state index contributed by atoms with van der Waals surface area (Å²) in [7, 11) is 1.46. The molecule has 2 saturated carbocycles. The van der Waals surface area contributed by atoms with Gasteiger partial charge in [-0.25, -0.2) is 4.79 Å². The summed E-state index contributed by atoms with van der Waals surface area (Å²) in [6.45, 7) is -0.439. The van der Waals surface area contributed by atoms with Crippen LogP contribution in [0.4, 0.5) is 0 Å². The molecule has 0 amide bonds. The van der Waals surface area contributed by atoms with E-state index in [1.54, 1.807) is 24.3 Å². The van der Waals surface area contributed by atoms with E-state index in [1.165, 1.54) is 31.4 Å². The molecule has 6 atom stereocenters. The van der Waals surface area contributed by atoms with Crippen molar-refractivity contribution in [3.05, 3.63) is 59.7 Å². The van der Waals surface area contributed by atoms with Crippen LogP contribution >= 0.6 is 15.9 Å². The number of hydrogen-bond acceptors (Lipinski definition) is 8. The van der Waals surface area contributed by atoms with Gasteiger partial charge in [0.1, 0.15) is 23.2 Å². The lowest BCUT2D eigenvalue weighted by atomic mass is 9.80. The third kappa shape index (κ3) is 3.77. The molecule has 2 aliphatic carbocycles. The molecule has 0 unspecified atom stereocenters. The predicted octanol–water partition coefficient (Wildman–Crippen LogP) is 3.21. The normalized spacial score (nSPS) is 28.4. The molecule has 176 valence electrons. The van der Waals surface area contributed by atoms with Crippen molar-refractivity contribution in [3.63, 3.8) is 0 Å². The van der Waals surface area contributed by atoms with Crippen LogP contribution in [0.5, 0.6) is 11.5 Å². The van der Waals surface area contributed by atoms with E-state index >= 15 is 0 Å². The highest BCUT2D eigenvalue weighted by molar-refractivity contribution is 9.09. The lowest BCUT2D eigenvalue weighted by molar-refractivity contribution is -0.154. The molecule has 1 aliphatic heterocycles. The van der Waals surface area contributed by atoms with Crippen LogP contribution in [-0.2, 0) is 19.1 Å². The average Bonchev–Trinajstić information content (AvgIpc) is 3.47. The van der Waals surface area contributed by atoms with Gasteiger partial charge in [0.15, 0.2) is 12.4 Å². The number of benzene rings is 2. The minimum absolute atomic E-state index is 0.0289. The number of ether oxygens (including phenoxy) is 4. The predicted molar refractivity (Wildman–Crippen MR) is 121 cm³/mol. The van der Waals surface area contributed by atoms with Crippen molar-refractivity contribution in [1.29, 1.82) is 0 Å².